The van der Waals surface area contributed by atoms with Gasteiger partial charge in [-0.25, -0.2) is 0 Å². The molecule has 0 aromatic heterocycles. The molecule has 3 atom stereocenters. The van der Waals surface area contributed by atoms with Crippen LogP contribution in [-0.2, 0) is 9.53 Å². The molecule has 2 rings (SSSR count). The maximum absolute atomic E-state index is 11.8. The molecule has 3 unspecified atom stereocenters. The molecule has 1 amide bonds. The first-order chi connectivity index (χ1) is 8.19. The Balaban J connectivity index is 1.63. The molecular weight excluding hydrogens is 216 g/mol. The van der Waals surface area contributed by atoms with Crippen LogP contribution in [0.15, 0.2) is 0 Å². The van der Waals surface area contributed by atoms with E-state index in [4.69, 9.17) is 10.5 Å². The number of rotatable bonds is 6. The van der Waals surface area contributed by atoms with Crippen molar-refractivity contribution in [1.82, 2.24) is 5.32 Å². The Hall–Kier alpha value is -0.610. The Bertz CT molecular complexity index is 266. The largest absolute Gasteiger partial charge is 0.375 e. The summed E-state index contributed by atoms with van der Waals surface area (Å²) in [6.07, 6.45) is 6.71. The second kappa shape index (κ2) is 5.83. The van der Waals surface area contributed by atoms with E-state index in [-0.39, 0.29) is 18.1 Å². The van der Waals surface area contributed by atoms with Crippen LogP contribution in [0.2, 0.25) is 0 Å². The third kappa shape index (κ3) is 3.96. The minimum atomic E-state index is 0.135. The molecule has 17 heavy (non-hydrogen) atoms. The van der Waals surface area contributed by atoms with E-state index in [1.807, 2.05) is 0 Å². The predicted octanol–water partition coefficient (Wildman–Crippen LogP) is 1.19. The summed E-state index contributed by atoms with van der Waals surface area (Å²) in [4.78, 5) is 11.8. The van der Waals surface area contributed by atoms with Crippen molar-refractivity contribution in [3.05, 3.63) is 0 Å². The number of amides is 1. The summed E-state index contributed by atoms with van der Waals surface area (Å²) in [5, 5.41) is 3.04. The Kier molecular flexibility index (Phi) is 4.40. The topological polar surface area (TPSA) is 64.4 Å². The van der Waals surface area contributed by atoms with E-state index in [1.54, 1.807) is 0 Å². The summed E-state index contributed by atoms with van der Waals surface area (Å²) >= 11 is 0. The van der Waals surface area contributed by atoms with Gasteiger partial charge in [-0.05, 0) is 44.9 Å². The van der Waals surface area contributed by atoms with Crippen molar-refractivity contribution >= 4 is 5.91 Å². The Morgan fingerprint density at radius 2 is 2.18 bits per heavy atom. The average molecular weight is 240 g/mol. The van der Waals surface area contributed by atoms with E-state index >= 15 is 0 Å². The monoisotopic (exact) mass is 240 g/mol. The predicted molar refractivity (Wildman–Crippen MR) is 66.5 cm³/mol. The maximum Gasteiger partial charge on any atom is 0.220 e. The molecule has 3 N–H and O–H groups in total. The Morgan fingerprint density at radius 3 is 2.71 bits per heavy atom. The highest BCUT2D eigenvalue weighted by atomic mass is 16.5. The van der Waals surface area contributed by atoms with Crippen molar-refractivity contribution in [1.29, 1.82) is 0 Å². The molecule has 1 aliphatic carbocycles. The van der Waals surface area contributed by atoms with Gasteiger partial charge >= 0.3 is 0 Å². The number of nitrogens with one attached hydrogen (secondary N) is 1. The van der Waals surface area contributed by atoms with Gasteiger partial charge in [0.1, 0.15) is 0 Å². The lowest BCUT2D eigenvalue weighted by Gasteiger charge is -2.17. The molecule has 98 valence electrons. The van der Waals surface area contributed by atoms with Gasteiger partial charge in [-0.15, -0.1) is 0 Å². The van der Waals surface area contributed by atoms with Crippen LogP contribution in [0.1, 0.15) is 45.4 Å². The molecule has 0 aromatic rings. The minimum absolute atomic E-state index is 0.135. The second-order valence-corrected chi connectivity index (χ2v) is 5.43. The van der Waals surface area contributed by atoms with Gasteiger partial charge in [0.25, 0.3) is 0 Å². The molecule has 2 aliphatic rings. The van der Waals surface area contributed by atoms with Gasteiger partial charge in [0, 0.05) is 19.0 Å². The zero-order chi connectivity index (χ0) is 12.3. The highest BCUT2D eigenvalue weighted by Gasteiger charge is 2.31. The van der Waals surface area contributed by atoms with E-state index in [1.165, 1.54) is 12.8 Å². The third-order valence-electron chi connectivity index (χ3n) is 3.80. The van der Waals surface area contributed by atoms with Crippen LogP contribution in [0.4, 0.5) is 0 Å². The van der Waals surface area contributed by atoms with Crippen molar-refractivity contribution in [2.75, 3.05) is 6.54 Å². The van der Waals surface area contributed by atoms with Crippen molar-refractivity contribution in [3.63, 3.8) is 0 Å². The summed E-state index contributed by atoms with van der Waals surface area (Å²) < 4.78 is 5.70. The summed E-state index contributed by atoms with van der Waals surface area (Å²) in [7, 11) is 0. The summed E-state index contributed by atoms with van der Waals surface area (Å²) in [5.41, 5.74) is 5.66. The molecule has 1 saturated heterocycles. The fourth-order valence-corrected chi connectivity index (χ4v) is 2.54. The molecule has 4 nitrogen and oxygen atoms in total. The number of ether oxygens (including phenoxy) is 1. The zero-order valence-electron chi connectivity index (χ0n) is 10.7. The number of nitrogens with two attached hydrogens (primary N) is 1. The molecule has 0 aromatic carbocycles. The standard InChI is InChI=1S/C13H24N2O2/c1-9-2-5-11(17-9)6-7-13(16)15-12(8-14)10-3-4-10/h9-12H,2-8,14H2,1H3,(H,15,16). The van der Waals surface area contributed by atoms with Crippen LogP contribution in [0.5, 0.6) is 0 Å². The molecule has 1 heterocycles. The van der Waals surface area contributed by atoms with E-state index in [9.17, 15) is 4.79 Å². The SMILES string of the molecule is CC1CCC(CCC(=O)NC(CN)C2CC2)O1. The van der Waals surface area contributed by atoms with Crippen LogP contribution in [0.3, 0.4) is 0 Å². The van der Waals surface area contributed by atoms with E-state index in [0.717, 1.165) is 19.3 Å². The fraction of sp³-hybridized carbons (Fsp3) is 0.923. The molecule has 1 aliphatic heterocycles. The molecule has 0 spiro atoms. The van der Waals surface area contributed by atoms with Crippen molar-refractivity contribution in [2.45, 2.75) is 63.7 Å². The van der Waals surface area contributed by atoms with Gasteiger partial charge < -0.3 is 15.8 Å². The number of hydrogen-bond acceptors (Lipinski definition) is 3. The van der Waals surface area contributed by atoms with Gasteiger partial charge in [0.05, 0.1) is 12.2 Å². The molecular formula is C13H24N2O2. The van der Waals surface area contributed by atoms with Gasteiger partial charge in [0.15, 0.2) is 0 Å². The van der Waals surface area contributed by atoms with E-state index in [0.29, 0.717) is 25.0 Å². The Labute approximate surface area is 103 Å². The number of carbonyl (C=O) groups is 1. The first kappa shape index (κ1) is 12.8. The first-order valence-electron chi connectivity index (χ1n) is 6.84. The van der Waals surface area contributed by atoms with Gasteiger partial charge in [0.2, 0.25) is 5.91 Å². The van der Waals surface area contributed by atoms with Crippen LogP contribution < -0.4 is 11.1 Å². The van der Waals surface area contributed by atoms with Crippen LogP contribution in [0, 0.1) is 5.92 Å². The van der Waals surface area contributed by atoms with Crippen LogP contribution >= 0.6 is 0 Å². The summed E-state index contributed by atoms with van der Waals surface area (Å²) in [5.74, 6) is 0.766. The van der Waals surface area contributed by atoms with Gasteiger partial charge in [-0.1, -0.05) is 0 Å². The summed E-state index contributed by atoms with van der Waals surface area (Å²) in [6.45, 7) is 2.66. The normalized spacial score (nSPS) is 30.2. The quantitative estimate of drug-likeness (QED) is 0.733. The lowest BCUT2D eigenvalue weighted by molar-refractivity contribution is -0.122. The van der Waals surface area contributed by atoms with Gasteiger partial charge in [-0.2, -0.15) is 0 Å². The van der Waals surface area contributed by atoms with Gasteiger partial charge in [-0.3, -0.25) is 4.79 Å². The average Bonchev–Trinajstić information content (AvgIpc) is 3.07. The van der Waals surface area contributed by atoms with Crippen molar-refractivity contribution in [3.8, 4) is 0 Å². The van der Waals surface area contributed by atoms with Crippen molar-refractivity contribution in [2.24, 2.45) is 11.7 Å². The molecule has 4 heteroatoms. The van der Waals surface area contributed by atoms with E-state index < -0.39 is 0 Å². The van der Waals surface area contributed by atoms with Crippen LogP contribution in [-0.4, -0.2) is 30.7 Å². The highest BCUT2D eigenvalue weighted by molar-refractivity contribution is 5.76. The Morgan fingerprint density at radius 1 is 1.41 bits per heavy atom. The fourth-order valence-electron chi connectivity index (χ4n) is 2.54. The lowest BCUT2D eigenvalue weighted by Crippen LogP contribution is -2.41. The lowest BCUT2D eigenvalue weighted by atomic mass is 10.1. The van der Waals surface area contributed by atoms with Crippen LogP contribution in [0.25, 0.3) is 0 Å². The first-order valence-corrected chi connectivity index (χ1v) is 6.84. The second-order valence-electron chi connectivity index (χ2n) is 5.43. The van der Waals surface area contributed by atoms with E-state index in [2.05, 4.69) is 12.2 Å². The van der Waals surface area contributed by atoms with Crippen molar-refractivity contribution < 1.29 is 9.53 Å². The minimum Gasteiger partial charge on any atom is -0.375 e. The zero-order valence-corrected chi connectivity index (χ0v) is 10.7. The highest BCUT2D eigenvalue weighted by Crippen LogP contribution is 2.32. The number of hydrogen-bond donors (Lipinski definition) is 2. The number of carbonyl (C=O) groups excluding carboxylic acids is 1. The molecule has 2 fully saturated rings. The third-order valence-corrected chi connectivity index (χ3v) is 3.80. The molecule has 1 saturated carbocycles. The maximum atomic E-state index is 11.8. The molecule has 0 radical (unpaired) electrons. The summed E-state index contributed by atoms with van der Waals surface area (Å²) in [6, 6.07) is 0.200. The smallest absolute Gasteiger partial charge is 0.220 e. The molecule has 0 bridgehead atoms.